The summed E-state index contributed by atoms with van der Waals surface area (Å²) >= 11 is 0. The Morgan fingerprint density at radius 3 is 2.63 bits per heavy atom. The van der Waals surface area contributed by atoms with Crippen LogP contribution in [0.4, 0.5) is 23.5 Å². The summed E-state index contributed by atoms with van der Waals surface area (Å²) in [5.74, 6) is -9.46. The number of nitrogens with one attached hydrogen (secondary N) is 1. The molecule has 15 heteroatoms. The highest BCUT2D eigenvalue weighted by molar-refractivity contribution is 5.70. The van der Waals surface area contributed by atoms with Crippen LogP contribution in [0.2, 0.25) is 0 Å². The summed E-state index contributed by atoms with van der Waals surface area (Å²) in [5.41, 5.74) is 4.68. The van der Waals surface area contributed by atoms with Crippen molar-refractivity contribution in [2.24, 2.45) is 0 Å². The first-order chi connectivity index (χ1) is 14.2. The van der Waals surface area contributed by atoms with Gasteiger partial charge < -0.3 is 25.4 Å². The molecule has 1 saturated heterocycles. The van der Waals surface area contributed by atoms with Gasteiger partial charge in [0.15, 0.2) is 17.4 Å². The van der Waals surface area contributed by atoms with E-state index in [4.69, 9.17) is 15.2 Å². The van der Waals surface area contributed by atoms with Crippen LogP contribution >= 0.6 is 0 Å². The second kappa shape index (κ2) is 7.19. The number of aromatic nitrogens is 5. The zero-order valence-electron chi connectivity index (χ0n) is 14.6. The van der Waals surface area contributed by atoms with E-state index in [-0.39, 0.29) is 17.1 Å². The van der Waals surface area contributed by atoms with E-state index in [9.17, 15) is 32.6 Å². The fraction of sp³-hybridized carbons (Fsp3) is 0.333. The maximum atomic E-state index is 13.7. The first kappa shape index (κ1) is 20.0. The summed E-state index contributed by atoms with van der Waals surface area (Å²) in [4.78, 5) is 24.6. The molecule has 0 bridgehead atoms. The van der Waals surface area contributed by atoms with Gasteiger partial charge in [-0.1, -0.05) is 0 Å². The SMILES string of the molecule is Nc1nc2c(ncn2[C@@H]2O[C@H](COc3nc(F)c(F)c(F)c3F)[C@@H](O)[C@H]2O)c(=O)[nH]1. The molecular formula is C15H12F4N6O5. The second-order valence-electron chi connectivity index (χ2n) is 6.28. The Morgan fingerprint density at radius 2 is 1.90 bits per heavy atom. The zero-order chi connectivity index (χ0) is 21.7. The quantitative estimate of drug-likeness (QED) is 0.310. The van der Waals surface area contributed by atoms with E-state index >= 15 is 0 Å². The number of pyridine rings is 1. The number of nitrogens with two attached hydrogens (primary N) is 1. The van der Waals surface area contributed by atoms with Gasteiger partial charge in [-0.2, -0.15) is 23.1 Å². The predicted octanol–water partition coefficient (Wildman–Crippen LogP) is -0.649. The van der Waals surface area contributed by atoms with Gasteiger partial charge in [0.25, 0.3) is 17.4 Å². The van der Waals surface area contributed by atoms with Gasteiger partial charge in [0.2, 0.25) is 23.4 Å². The molecule has 160 valence electrons. The van der Waals surface area contributed by atoms with Crippen LogP contribution in [0.15, 0.2) is 11.1 Å². The minimum atomic E-state index is -2.12. The summed E-state index contributed by atoms with van der Waals surface area (Å²) in [6, 6.07) is 0. The standard InChI is InChI=1S/C15H12F4N6O5/c16-4-5(17)10(19)22-13(6(4)18)29-1-3-8(26)9(27)14(30-3)25-2-21-7-11(25)23-15(20)24-12(7)28/h2-3,8-9,14,26-27H,1H2,(H3,20,23,24,28)/t3-,8-,9-,14-/m1/s1. The van der Waals surface area contributed by atoms with Crippen LogP contribution in [0.1, 0.15) is 6.23 Å². The minimum absolute atomic E-state index is 0.0514. The number of halogens is 4. The van der Waals surface area contributed by atoms with Crippen molar-refractivity contribution in [3.8, 4) is 5.88 Å². The molecular weight excluding hydrogens is 420 g/mol. The average molecular weight is 432 g/mol. The monoisotopic (exact) mass is 432 g/mol. The molecule has 0 amide bonds. The highest BCUT2D eigenvalue weighted by Crippen LogP contribution is 2.32. The molecule has 3 aromatic heterocycles. The maximum absolute atomic E-state index is 13.7. The average Bonchev–Trinajstić information content (AvgIpc) is 3.24. The lowest BCUT2D eigenvalue weighted by Gasteiger charge is -2.16. The van der Waals surface area contributed by atoms with Crippen molar-refractivity contribution in [3.05, 3.63) is 40.1 Å². The van der Waals surface area contributed by atoms with E-state index in [0.717, 1.165) is 10.9 Å². The number of hydrogen-bond donors (Lipinski definition) is 4. The van der Waals surface area contributed by atoms with E-state index in [1.807, 2.05) is 0 Å². The van der Waals surface area contributed by atoms with Gasteiger partial charge in [-0.15, -0.1) is 0 Å². The lowest BCUT2D eigenvalue weighted by Crippen LogP contribution is -2.34. The normalized spacial score (nSPS) is 23.9. The zero-order valence-corrected chi connectivity index (χ0v) is 14.6. The van der Waals surface area contributed by atoms with Gasteiger partial charge in [-0.05, 0) is 0 Å². The van der Waals surface area contributed by atoms with Crippen molar-refractivity contribution in [2.75, 3.05) is 12.3 Å². The number of fused-ring (bicyclic) bond motifs is 1. The molecule has 0 aliphatic carbocycles. The lowest BCUT2D eigenvalue weighted by atomic mass is 10.1. The van der Waals surface area contributed by atoms with Crippen LogP contribution < -0.4 is 16.0 Å². The van der Waals surface area contributed by atoms with E-state index in [1.165, 1.54) is 0 Å². The fourth-order valence-corrected chi connectivity index (χ4v) is 2.95. The Kier molecular flexibility index (Phi) is 4.79. The summed E-state index contributed by atoms with van der Waals surface area (Å²) in [5, 5.41) is 20.5. The van der Waals surface area contributed by atoms with Gasteiger partial charge >= 0.3 is 0 Å². The van der Waals surface area contributed by atoms with Crippen molar-refractivity contribution < 1.29 is 37.2 Å². The van der Waals surface area contributed by atoms with Crippen LogP contribution in [0.5, 0.6) is 5.88 Å². The van der Waals surface area contributed by atoms with E-state index < -0.39 is 66.0 Å². The Labute approximate surface area is 162 Å². The maximum Gasteiger partial charge on any atom is 0.280 e. The van der Waals surface area contributed by atoms with Crippen LogP contribution in [0.25, 0.3) is 11.2 Å². The summed E-state index contributed by atoms with van der Waals surface area (Å²) in [7, 11) is 0. The number of H-pyrrole nitrogens is 1. The third-order valence-corrected chi connectivity index (χ3v) is 4.40. The number of ether oxygens (including phenoxy) is 2. The van der Waals surface area contributed by atoms with Crippen LogP contribution in [-0.2, 0) is 4.74 Å². The number of aliphatic hydroxyl groups excluding tert-OH is 2. The summed E-state index contributed by atoms with van der Waals surface area (Å²) < 4.78 is 64.4. The summed E-state index contributed by atoms with van der Waals surface area (Å²) in [6.45, 7) is -0.716. The molecule has 5 N–H and O–H groups in total. The van der Waals surface area contributed by atoms with Crippen LogP contribution in [-0.4, -0.2) is 59.6 Å². The van der Waals surface area contributed by atoms with Crippen molar-refractivity contribution in [2.45, 2.75) is 24.5 Å². The van der Waals surface area contributed by atoms with E-state index in [0.29, 0.717) is 0 Å². The van der Waals surface area contributed by atoms with E-state index in [2.05, 4.69) is 19.9 Å². The molecule has 1 aliphatic heterocycles. The molecule has 11 nitrogen and oxygen atoms in total. The second-order valence-corrected chi connectivity index (χ2v) is 6.28. The number of rotatable bonds is 4. The van der Waals surface area contributed by atoms with Gasteiger partial charge in [0, 0.05) is 0 Å². The number of aromatic amines is 1. The lowest BCUT2D eigenvalue weighted by molar-refractivity contribution is -0.0484. The molecule has 1 aliphatic rings. The van der Waals surface area contributed by atoms with Crippen LogP contribution in [0.3, 0.4) is 0 Å². The third-order valence-electron chi connectivity index (χ3n) is 4.40. The topological polar surface area (TPSA) is 161 Å². The highest BCUT2D eigenvalue weighted by atomic mass is 19.2. The van der Waals surface area contributed by atoms with Crippen LogP contribution in [0, 0.1) is 23.4 Å². The number of imidazole rings is 1. The number of aliphatic hydroxyl groups is 2. The third kappa shape index (κ3) is 3.12. The minimum Gasteiger partial charge on any atom is -0.473 e. The Morgan fingerprint density at radius 1 is 1.17 bits per heavy atom. The molecule has 4 rings (SSSR count). The molecule has 1 fully saturated rings. The first-order valence-electron chi connectivity index (χ1n) is 8.25. The molecule has 3 aromatic rings. The fourth-order valence-electron chi connectivity index (χ4n) is 2.95. The molecule has 0 unspecified atom stereocenters. The molecule has 30 heavy (non-hydrogen) atoms. The largest absolute Gasteiger partial charge is 0.473 e. The van der Waals surface area contributed by atoms with Gasteiger partial charge in [-0.3, -0.25) is 14.3 Å². The highest BCUT2D eigenvalue weighted by Gasteiger charge is 2.45. The number of nitrogen functional groups attached to an aromatic ring is 1. The first-order valence-corrected chi connectivity index (χ1v) is 8.25. The van der Waals surface area contributed by atoms with Crippen molar-refractivity contribution >= 4 is 17.1 Å². The Hall–Kier alpha value is -3.30. The number of nitrogens with zero attached hydrogens (tertiary/aromatic N) is 4. The smallest absolute Gasteiger partial charge is 0.280 e. The Balaban J connectivity index is 1.57. The summed E-state index contributed by atoms with van der Waals surface area (Å²) in [6.07, 6.45) is -4.73. The van der Waals surface area contributed by atoms with Crippen molar-refractivity contribution in [1.82, 2.24) is 24.5 Å². The number of hydrogen-bond acceptors (Lipinski definition) is 9. The van der Waals surface area contributed by atoms with Gasteiger partial charge in [-0.25, -0.2) is 9.37 Å². The van der Waals surface area contributed by atoms with E-state index in [1.54, 1.807) is 0 Å². The van der Waals surface area contributed by atoms with Crippen molar-refractivity contribution in [3.63, 3.8) is 0 Å². The van der Waals surface area contributed by atoms with Gasteiger partial charge in [0.05, 0.1) is 6.33 Å². The molecule has 4 heterocycles. The van der Waals surface area contributed by atoms with Crippen molar-refractivity contribution in [1.29, 1.82) is 0 Å². The predicted molar refractivity (Wildman–Crippen MR) is 88.0 cm³/mol. The Bertz CT molecular complexity index is 1190. The molecule has 0 aromatic carbocycles. The molecule has 0 saturated carbocycles. The number of anilines is 1. The molecule has 4 atom stereocenters. The van der Waals surface area contributed by atoms with Gasteiger partial charge in [0.1, 0.15) is 24.9 Å². The molecule has 0 spiro atoms. The molecule has 0 radical (unpaired) electrons.